The summed E-state index contributed by atoms with van der Waals surface area (Å²) in [6, 6.07) is 5.40. The minimum atomic E-state index is -0.430. The van der Waals surface area contributed by atoms with E-state index in [4.69, 9.17) is 9.47 Å². The number of carbonyl (C=O) groups excluding carboxylic acids is 2. The van der Waals surface area contributed by atoms with Crippen LogP contribution in [0.3, 0.4) is 0 Å². The Balaban J connectivity index is 1.50. The molecular formula is C19H26N2O4. The normalized spacial score (nSPS) is 21.5. The fraction of sp³-hybridized carbons (Fsp3) is 0.579. The topological polar surface area (TPSA) is 76.7 Å². The van der Waals surface area contributed by atoms with Crippen LogP contribution >= 0.6 is 0 Å². The number of amides is 2. The highest BCUT2D eigenvalue weighted by Gasteiger charge is 2.32. The first-order chi connectivity index (χ1) is 11.9. The average molecular weight is 346 g/mol. The van der Waals surface area contributed by atoms with Gasteiger partial charge < -0.3 is 20.1 Å². The van der Waals surface area contributed by atoms with E-state index >= 15 is 0 Å². The van der Waals surface area contributed by atoms with Crippen LogP contribution in [0.25, 0.3) is 0 Å². The van der Waals surface area contributed by atoms with E-state index in [1.807, 2.05) is 32.0 Å². The van der Waals surface area contributed by atoms with Gasteiger partial charge in [-0.15, -0.1) is 0 Å². The number of hydrogen-bond acceptors (Lipinski definition) is 4. The molecule has 2 aliphatic rings. The van der Waals surface area contributed by atoms with E-state index in [1.165, 1.54) is 0 Å². The lowest BCUT2D eigenvalue weighted by Crippen LogP contribution is -2.45. The molecule has 0 radical (unpaired) electrons. The van der Waals surface area contributed by atoms with Crippen molar-refractivity contribution in [2.45, 2.75) is 57.6 Å². The summed E-state index contributed by atoms with van der Waals surface area (Å²) in [5, 5.41) is 5.61. The molecule has 0 saturated carbocycles. The zero-order chi connectivity index (χ0) is 17.9. The molecule has 0 aliphatic carbocycles. The molecule has 1 aromatic carbocycles. The number of fused-ring (bicyclic) bond motifs is 1. The molecule has 25 heavy (non-hydrogen) atoms. The second-order valence-electron chi connectivity index (χ2n) is 7.29. The van der Waals surface area contributed by atoms with Crippen LogP contribution in [0.5, 0.6) is 11.5 Å². The third-order valence-electron chi connectivity index (χ3n) is 4.51. The lowest BCUT2D eigenvalue weighted by molar-refractivity contribution is -0.129. The van der Waals surface area contributed by atoms with Crippen LogP contribution in [-0.2, 0) is 16.0 Å². The van der Waals surface area contributed by atoms with Crippen molar-refractivity contribution in [1.82, 2.24) is 10.6 Å². The Labute approximate surface area is 148 Å². The quantitative estimate of drug-likeness (QED) is 0.854. The fourth-order valence-corrected chi connectivity index (χ4v) is 3.30. The molecule has 1 fully saturated rings. The van der Waals surface area contributed by atoms with Gasteiger partial charge in [0.05, 0.1) is 13.0 Å². The second-order valence-corrected chi connectivity index (χ2v) is 7.29. The SMILES string of the molecule is CC1(C)Cc2cccc(OCCC(=O)N[C@@H]3CCCCNC3=O)c2O1. The molecule has 1 saturated heterocycles. The first-order valence-electron chi connectivity index (χ1n) is 8.95. The van der Waals surface area contributed by atoms with Crippen molar-refractivity contribution in [1.29, 1.82) is 0 Å². The summed E-state index contributed by atoms with van der Waals surface area (Å²) in [7, 11) is 0. The highest BCUT2D eigenvalue weighted by atomic mass is 16.5. The van der Waals surface area contributed by atoms with Gasteiger partial charge in [-0.05, 0) is 39.2 Å². The van der Waals surface area contributed by atoms with Gasteiger partial charge in [0.25, 0.3) is 0 Å². The molecule has 6 nitrogen and oxygen atoms in total. The van der Waals surface area contributed by atoms with Gasteiger partial charge >= 0.3 is 0 Å². The Bertz CT molecular complexity index is 657. The van der Waals surface area contributed by atoms with E-state index in [0.29, 0.717) is 18.7 Å². The lowest BCUT2D eigenvalue weighted by atomic mass is 10.0. The molecule has 2 aliphatic heterocycles. The number of ether oxygens (including phenoxy) is 2. The summed E-state index contributed by atoms with van der Waals surface area (Å²) >= 11 is 0. The molecule has 6 heteroatoms. The molecule has 136 valence electrons. The van der Waals surface area contributed by atoms with E-state index in [1.54, 1.807) is 0 Å². The number of nitrogens with one attached hydrogen (secondary N) is 2. The Kier molecular flexibility index (Phi) is 5.16. The van der Waals surface area contributed by atoms with Crippen LogP contribution in [0.1, 0.15) is 45.1 Å². The van der Waals surface area contributed by atoms with Crippen molar-refractivity contribution in [2.75, 3.05) is 13.2 Å². The van der Waals surface area contributed by atoms with Crippen molar-refractivity contribution >= 4 is 11.8 Å². The smallest absolute Gasteiger partial charge is 0.242 e. The van der Waals surface area contributed by atoms with Crippen molar-refractivity contribution in [3.8, 4) is 11.5 Å². The second kappa shape index (κ2) is 7.33. The minimum Gasteiger partial charge on any atom is -0.489 e. The molecular weight excluding hydrogens is 320 g/mol. The van der Waals surface area contributed by atoms with E-state index in [0.717, 1.165) is 30.6 Å². The van der Waals surface area contributed by atoms with Gasteiger partial charge in [-0.3, -0.25) is 9.59 Å². The average Bonchev–Trinajstić information content (AvgIpc) is 2.74. The summed E-state index contributed by atoms with van der Waals surface area (Å²) in [4.78, 5) is 24.0. The van der Waals surface area contributed by atoms with Gasteiger partial charge in [0.1, 0.15) is 11.6 Å². The molecule has 0 aromatic heterocycles. The monoisotopic (exact) mass is 346 g/mol. The lowest BCUT2D eigenvalue weighted by Gasteiger charge is -2.18. The third-order valence-corrected chi connectivity index (χ3v) is 4.51. The van der Waals surface area contributed by atoms with Gasteiger partial charge in [-0.1, -0.05) is 12.1 Å². The first-order valence-corrected chi connectivity index (χ1v) is 8.95. The van der Waals surface area contributed by atoms with E-state index < -0.39 is 6.04 Å². The summed E-state index contributed by atoms with van der Waals surface area (Å²) in [5.74, 6) is 1.18. The van der Waals surface area contributed by atoms with E-state index in [9.17, 15) is 9.59 Å². The Morgan fingerprint density at radius 2 is 2.24 bits per heavy atom. The zero-order valence-electron chi connectivity index (χ0n) is 14.9. The summed E-state index contributed by atoms with van der Waals surface area (Å²) in [6.07, 6.45) is 3.63. The van der Waals surface area contributed by atoms with Crippen LogP contribution in [0.2, 0.25) is 0 Å². The van der Waals surface area contributed by atoms with Crippen molar-refractivity contribution in [3.63, 3.8) is 0 Å². The molecule has 2 amide bonds. The molecule has 1 atom stereocenters. The standard InChI is InChI=1S/C19H26N2O4/c1-19(2)12-13-6-5-8-15(17(13)25-19)24-11-9-16(22)21-14-7-3-4-10-20-18(14)23/h5-6,8,14H,3-4,7,9-12H2,1-2H3,(H,20,23)(H,21,22)/t14-/m1/s1. The van der Waals surface area contributed by atoms with E-state index in [-0.39, 0.29) is 30.4 Å². The fourth-order valence-electron chi connectivity index (χ4n) is 3.30. The molecule has 2 heterocycles. The largest absolute Gasteiger partial charge is 0.489 e. The number of para-hydroxylation sites is 1. The highest BCUT2D eigenvalue weighted by molar-refractivity contribution is 5.87. The maximum absolute atomic E-state index is 12.1. The van der Waals surface area contributed by atoms with Gasteiger partial charge in [-0.2, -0.15) is 0 Å². The molecule has 0 bridgehead atoms. The number of carbonyl (C=O) groups is 2. The maximum Gasteiger partial charge on any atom is 0.242 e. The summed E-state index contributed by atoms with van der Waals surface area (Å²) in [6.45, 7) is 5.02. The zero-order valence-corrected chi connectivity index (χ0v) is 14.9. The minimum absolute atomic E-state index is 0.0942. The van der Waals surface area contributed by atoms with Gasteiger partial charge in [0, 0.05) is 18.5 Å². The predicted molar refractivity (Wildman–Crippen MR) is 93.8 cm³/mol. The Hall–Kier alpha value is -2.24. The predicted octanol–water partition coefficient (Wildman–Crippen LogP) is 1.95. The van der Waals surface area contributed by atoms with Gasteiger partial charge in [0.2, 0.25) is 11.8 Å². The molecule has 0 unspecified atom stereocenters. The molecule has 1 aromatic rings. The van der Waals surface area contributed by atoms with Gasteiger partial charge in [0.15, 0.2) is 11.5 Å². The number of rotatable bonds is 5. The van der Waals surface area contributed by atoms with E-state index in [2.05, 4.69) is 10.6 Å². The van der Waals surface area contributed by atoms with Crippen LogP contribution in [0, 0.1) is 0 Å². The Morgan fingerprint density at radius 3 is 3.08 bits per heavy atom. The number of benzene rings is 1. The first kappa shape index (κ1) is 17.6. The van der Waals surface area contributed by atoms with Crippen LogP contribution in [0.4, 0.5) is 0 Å². The van der Waals surface area contributed by atoms with Crippen LogP contribution in [0.15, 0.2) is 18.2 Å². The van der Waals surface area contributed by atoms with Crippen molar-refractivity contribution in [2.24, 2.45) is 0 Å². The molecule has 2 N–H and O–H groups in total. The van der Waals surface area contributed by atoms with Gasteiger partial charge in [-0.25, -0.2) is 0 Å². The highest BCUT2D eigenvalue weighted by Crippen LogP contribution is 2.41. The Morgan fingerprint density at radius 1 is 1.40 bits per heavy atom. The van der Waals surface area contributed by atoms with Crippen LogP contribution < -0.4 is 20.1 Å². The third kappa shape index (κ3) is 4.44. The summed E-state index contributed by atoms with van der Waals surface area (Å²) < 4.78 is 11.7. The summed E-state index contributed by atoms with van der Waals surface area (Å²) in [5.41, 5.74) is 0.897. The molecule has 0 spiro atoms. The van der Waals surface area contributed by atoms with Crippen LogP contribution in [-0.4, -0.2) is 36.6 Å². The molecule has 3 rings (SSSR count). The number of hydrogen-bond donors (Lipinski definition) is 2. The maximum atomic E-state index is 12.1. The van der Waals surface area contributed by atoms with Crippen molar-refractivity contribution < 1.29 is 19.1 Å². The van der Waals surface area contributed by atoms with Crippen molar-refractivity contribution in [3.05, 3.63) is 23.8 Å².